The van der Waals surface area contributed by atoms with Gasteiger partial charge in [0.2, 0.25) is 0 Å². The molecule has 4 rings (SSSR count). The minimum absolute atomic E-state index is 0.0669. The van der Waals surface area contributed by atoms with Crippen molar-refractivity contribution in [2.45, 2.75) is 56.4 Å². The molecule has 0 fully saturated rings. The van der Waals surface area contributed by atoms with Gasteiger partial charge in [0.05, 0.1) is 19.3 Å². The predicted octanol–water partition coefficient (Wildman–Crippen LogP) is 4.24. The van der Waals surface area contributed by atoms with E-state index in [2.05, 4.69) is 10.3 Å². The predicted molar refractivity (Wildman–Crippen MR) is 121 cm³/mol. The second kappa shape index (κ2) is 8.78. The van der Waals surface area contributed by atoms with Gasteiger partial charge in [-0.3, -0.25) is 9.59 Å². The Kier molecular flexibility index (Phi) is 6.09. The lowest BCUT2D eigenvalue weighted by molar-refractivity contribution is -0.116. The summed E-state index contributed by atoms with van der Waals surface area (Å²) >= 11 is 1.50. The molecule has 1 aromatic carbocycles. The maximum absolute atomic E-state index is 13.2. The number of benzene rings is 1. The number of allylic oxidation sites excluding steroid dienone is 2. The van der Waals surface area contributed by atoms with Gasteiger partial charge in [-0.2, -0.15) is 0 Å². The van der Waals surface area contributed by atoms with Crippen molar-refractivity contribution in [2.75, 3.05) is 19.0 Å². The van der Waals surface area contributed by atoms with Crippen molar-refractivity contribution in [2.24, 2.45) is 0 Å². The highest BCUT2D eigenvalue weighted by atomic mass is 32.2. The van der Waals surface area contributed by atoms with Crippen LogP contribution in [0.1, 0.15) is 57.1 Å². The highest BCUT2D eigenvalue weighted by Gasteiger charge is 2.38. The monoisotopic (exact) mass is 441 g/mol. The number of ether oxygens (including phenoxy) is 2. The molecule has 0 saturated carbocycles. The van der Waals surface area contributed by atoms with Crippen LogP contribution in [0, 0.1) is 0 Å². The zero-order valence-electron chi connectivity index (χ0n) is 18.2. The van der Waals surface area contributed by atoms with Gasteiger partial charge in [0.15, 0.2) is 22.4 Å². The molecular formula is C23H27N3O4S. The second-order valence-corrected chi connectivity index (χ2v) is 9.44. The molecule has 2 heterocycles. The van der Waals surface area contributed by atoms with Crippen molar-refractivity contribution in [3.05, 3.63) is 50.9 Å². The number of nitrogens with zero attached hydrogens (tertiary/aromatic N) is 1. The fourth-order valence-electron chi connectivity index (χ4n) is 4.19. The van der Waals surface area contributed by atoms with Gasteiger partial charge in [-0.25, -0.2) is 4.98 Å². The Morgan fingerprint density at radius 1 is 1.23 bits per heavy atom. The van der Waals surface area contributed by atoms with Crippen molar-refractivity contribution in [1.29, 1.82) is 0 Å². The number of thioether (sulfide) groups is 1. The lowest BCUT2D eigenvalue weighted by Gasteiger charge is -2.33. The first-order valence-corrected chi connectivity index (χ1v) is 11.5. The number of carbonyl (C=O) groups is 1. The molecule has 164 valence electrons. The fraction of sp³-hybridized carbons (Fsp3) is 0.435. The zero-order chi connectivity index (χ0) is 22.1. The van der Waals surface area contributed by atoms with Crippen LogP contribution in [0.4, 0.5) is 5.82 Å². The first kappa shape index (κ1) is 21.5. The van der Waals surface area contributed by atoms with E-state index in [1.54, 1.807) is 7.11 Å². The number of hydrogen-bond donors (Lipinski definition) is 2. The van der Waals surface area contributed by atoms with Crippen LogP contribution in [0.15, 0.2) is 39.4 Å². The van der Waals surface area contributed by atoms with Gasteiger partial charge < -0.3 is 19.8 Å². The number of hydrogen-bond acceptors (Lipinski definition) is 7. The summed E-state index contributed by atoms with van der Waals surface area (Å²) in [5.74, 6) is 1.29. The van der Waals surface area contributed by atoms with Crippen LogP contribution in [0.25, 0.3) is 0 Å². The van der Waals surface area contributed by atoms with Gasteiger partial charge in [0.25, 0.3) is 5.56 Å². The molecule has 1 atom stereocenters. The topological polar surface area (TPSA) is 93.3 Å². The van der Waals surface area contributed by atoms with Crippen molar-refractivity contribution >= 4 is 23.4 Å². The average Bonchev–Trinajstić information content (AvgIpc) is 2.72. The van der Waals surface area contributed by atoms with E-state index in [1.807, 2.05) is 39.0 Å². The molecule has 0 radical (unpaired) electrons. The molecular weight excluding hydrogens is 414 g/mol. The summed E-state index contributed by atoms with van der Waals surface area (Å²) in [6.07, 6.45) is 2.02. The molecule has 1 aliphatic carbocycles. The number of H-pyrrole nitrogens is 1. The van der Waals surface area contributed by atoms with Crippen molar-refractivity contribution < 1.29 is 14.3 Å². The molecule has 2 aromatic rings. The molecule has 1 aliphatic heterocycles. The summed E-state index contributed by atoms with van der Waals surface area (Å²) in [5.41, 5.74) is 2.56. The van der Waals surface area contributed by atoms with E-state index < -0.39 is 5.92 Å². The zero-order valence-corrected chi connectivity index (χ0v) is 19.0. The molecule has 0 spiro atoms. The van der Waals surface area contributed by atoms with Crippen LogP contribution in [-0.2, 0) is 4.79 Å². The normalized spacial score (nSPS) is 17.8. The first-order chi connectivity index (χ1) is 14.9. The van der Waals surface area contributed by atoms with E-state index in [4.69, 9.17) is 14.5 Å². The molecule has 2 N–H and O–H groups in total. The lowest BCUT2D eigenvalue weighted by atomic mass is 9.76. The molecule has 7 nitrogen and oxygen atoms in total. The van der Waals surface area contributed by atoms with Crippen LogP contribution < -0.4 is 20.3 Å². The Hall–Kier alpha value is -2.74. The third kappa shape index (κ3) is 4.08. The SMILES string of the molecule is CCOc1ccc(C2C3=C(CCCC3=O)Nc3nc(SC(C)C)[nH]c(=O)c32)cc1OC. The van der Waals surface area contributed by atoms with E-state index in [1.165, 1.54) is 11.8 Å². The Labute approximate surface area is 185 Å². The molecule has 0 bridgehead atoms. The number of ketones is 1. The summed E-state index contributed by atoms with van der Waals surface area (Å²) in [6, 6.07) is 5.58. The van der Waals surface area contributed by atoms with E-state index in [9.17, 15) is 9.59 Å². The minimum atomic E-state index is -0.502. The van der Waals surface area contributed by atoms with E-state index >= 15 is 0 Å². The standard InChI is InChI=1S/C23H27N3O4S/c1-5-30-16-10-9-13(11-17(16)29-4)18-19-14(7-6-8-15(19)27)24-21-20(18)22(28)26-23(25-21)31-12(2)3/h9-12,18H,5-8H2,1-4H3,(H2,24,25,26,28). The Morgan fingerprint density at radius 3 is 2.74 bits per heavy atom. The summed E-state index contributed by atoms with van der Waals surface area (Å²) < 4.78 is 11.2. The second-order valence-electron chi connectivity index (χ2n) is 7.87. The molecule has 31 heavy (non-hydrogen) atoms. The number of carbonyl (C=O) groups excluding carboxylic acids is 1. The van der Waals surface area contributed by atoms with Gasteiger partial charge in [-0.15, -0.1) is 0 Å². The summed E-state index contributed by atoms with van der Waals surface area (Å²) in [5, 5.41) is 4.15. The minimum Gasteiger partial charge on any atom is -0.493 e. The number of aromatic amines is 1. The number of methoxy groups -OCH3 is 1. The summed E-state index contributed by atoms with van der Waals surface area (Å²) in [4.78, 5) is 33.8. The summed E-state index contributed by atoms with van der Waals surface area (Å²) in [6.45, 7) is 6.52. The quantitative estimate of drug-likeness (QED) is 0.511. The highest BCUT2D eigenvalue weighted by Crippen LogP contribution is 2.45. The van der Waals surface area contributed by atoms with Crippen molar-refractivity contribution in [1.82, 2.24) is 9.97 Å². The van der Waals surface area contributed by atoms with Crippen LogP contribution >= 0.6 is 11.8 Å². The van der Waals surface area contributed by atoms with Gasteiger partial charge in [-0.1, -0.05) is 31.7 Å². The Morgan fingerprint density at radius 2 is 2.03 bits per heavy atom. The van der Waals surface area contributed by atoms with Crippen molar-refractivity contribution in [3.63, 3.8) is 0 Å². The van der Waals surface area contributed by atoms with Crippen LogP contribution in [-0.4, -0.2) is 34.7 Å². The summed E-state index contributed by atoms with van der Waals surface area (Å²) in [7, 11) is 1.58. The number of aromatic nitrogens is 2. The third-order valence-electron chi connectivity index (χ3n) is 5.40. The highest BCUT2D eigenvalue weighted by molar-refractivity contribution is 7.99. The van der Waals surface area contributed by atoms with Gasteiger partial charge in [0.1, 0.15) is 5.82 Å². The molecule has 1 aromatic heterocycles. The largest absolute Gasteiger partial charge is 0.493 e. The number of nitrogens with one attached hydrogen (secondary N) is 2. The molecule has 0 amide bonds. The van der Waals surface area contributed by atoms with E-state index in [-0.39, 0.29) is 16.6 Å². The smallest absolute Gasteiger partial charge is 0.257 e. The van der Waals surface area contributed by atoms with E-state index in [0.29, 0.717) is 46.6 Å². The Bertz CT molecular complexity index is 1110. The van der Waals surface area contributed by atoms with Gasteiger partial charge in [-0.05, 0) is 37.5 Å². The van der Waals surface area contributed by atoms with Crippen LogP contribution in [0.3, 0.4) is 0 Å². The Balaban J connectivity index is 1.90. The van der Waals surface area contributed by atoms with Gasteiger partial charge >= 0.3 is 0 Å². The molecule has 2 aliphatic rings. The van der Waals surface area contributed by atoms with Crippen LogP contribution in [0.5, 0.6) is 11.5 Å². The number of anilines is 1. The maximum Gasteiger partial charge on any atom is 0.257 e. The van der Waals surface area contributed by atoms with Crippen LogP contribution in [0.2, 0.25) is 0 Å². The average molecular weight is 442 g/mol. The maximum atomic E-state index is 13.2. The van der Waals surface area contributed by atoms with Gasteiger partial charge in [0, 0.05) is 28.9 Å². The first-order valence-electron chi connectivity index (χ1n) is 10.6. The number of rotatable bonds is 6. The fourth-order valence-corrected chi connectivity index (χ4v) is 4.93. The number of Topliss-reactive ketones (excluding diaryl/α,β-unsaturated/α-hetero) is 1. The lowest BCUT2D eigenvalue weighted by Crippen LogP contribution is -2.32. The van der Waals surface area contributed by atoms with Crippen molar-refractivity contribution in [3.8, 4) is 11.5 Å². The molecule has 1 unspecified atom stereocenters. The molecule has 8 heteroatoms. The number of fused-ring (bicyclic) bond motifs is 1. The third-order valence-corrected chi connectivity index (χ3v) is 6.29. The van der Waals surface area contributed by atoms with E-state index in [0.717, 1.165) is 24.1 Å². The molecule has 0 saturated heterocycles.